The molecule has 0 unspecified atom stereocenters. The Labute approximate surface area is 247 Å². The molecule has 3 aromatic carbocycles. The summed E-state index contributed by atoms with van der Waals surface area (Å²) in [4.78, 5) is 22.6. The molecule has 1 aliphatic heterocycles. The standard InChI is InChI=1S/C34H28FN7O/c1-43-26-14-23(13-25(35)15-26)27-8-5-9-30-31(27)42-34(41-30)33-32-29(38-20-39-33)11-10-28(40-32)24-12-22(18-37-19-24)17-36-16-21-6-3-2-4-7-21/h2-15,18-19,36,38H,16-17,20H2,1H3,(H,41,42). The Morgan fingerprint density at radius 2 is 1.74 bits per heavy atom. The lowest BCUT2D eigenvalue weighted by Gasteiger charge is -2.17. The molecule has 3 aromatic heterocycles. The molecule has 9 heteroatoms. The van der Waals surface area contributed by atoms with Crippen LogP contribution in [0.2, 0.25) is 0 Å². The van der Waals surface area contributed by atoms with E-state index in [0.717, 1.165) is 40.1 Å². The second-order valence-corrected chi connectivity index (χ2v) is 10.3. The smallest absolute Gasteiger partial charge is 0.159 e. The molecule has 8 nitrogen and oxygen atoms in total. The van der Waals surface area contributed by atoms with Gasteiger partial charge in [0.15, 0.2) is 5.82 Å². The van der Waals surface area contributed by atoms with Crippen molar-refractivity contribution < 1.29 is 9.13 Å². The lowest BCUT2D eigenvalue weighted by molar-refractivity contribution is 0.411. The van der Waals surface area contributed by atoms with Crippen molar-refractivity contribution in [2.75, 3.05) is 19.1 Å². The first-order chi connectivity index (χ1) is 21.1. The summed E-state index contributed by atoms with van der Waals surface area (Å²) in [6.07, 6.45) is 3.69. The summed E-state index contributed by atoms with van der Waals surface area (Å²) >= 11 is 0. The summed E-state index contributed by atoms with van der Waals surface area (Å²) < 4.78 is 19.6. The van der Waals surface area contributed by atoms with Gasteiger partial charge in [-0.1, -0.05) is 42.5 Å². The number of nitrogens with one attached hydrogen (secondary N) is 3. The van der Waals surface area contributed by atoms with Crippen molar-refractivity contribution in [1.29, 1.82) is 0 Å². The molecule has 212 valence electrons. The van der Waals surface area contributed by atoms with E-state index in [0.29, 0.717) is 47.3 Å². The minimum Gasteiger partial charge on any atom is -0.497 e. The Bertz CT molecular complexity index is 1970. The first-order valence-electron chi connectivity index (χ1n) is 14.0. The maximum Gasteiger partial charge on any atom is 0.159 e. The fourth-order valence-corrected chi connectivity index (χ4v) is 5.29. The Kier molecular flexibility index (Phi) is 7.06. The number of nitrogens with zero attached hydrogens (tertiary/aromatic N) is 4. The van der Waals surface area contributed by atoms with E-state index >= 15 is 0 Å². The van der Waals surface area contributed by atoms with Crippen LogP contribution in [-0.4, -0.2) is 39.4 Å². The van der Waals surface area contributed by atoms with Crippen molar-refractivity contribution in [2.24, 2.45) is 4.99 Å². The first-order valence-corrected chi connectivity index (χ1v) is 14.0. The van der Waals surface area contributed by atoms with Crippen molar-refractivity contribution in [1.82, 2.24) is 25.3 Å². The van der Waals surface area contributed by atoms with Crippen molar-refractivity contribution >= 4 is 22.4 Å². The average molecular weight is 570 g/mol. The number of pyridine rings is 2. The van der Waals surface area contributed by atoms with E-state index in [1.807, 2.05) is 60.9 Å². The van der Waals surface area contributed by atoms with E-state index in [1.54, 1.807) is 6.07 Å². The van der Waals surface area contributed by atoms with Gasteiger partial charge in [0.2, 0.25) is 0 Å². The fourth-order valence-electron chi connectivity index (χ4n) is 5.29. The fraction of sp³-hybridized carbons (Fsp3) is 0.118. The third kappa shape index (κ3) is 5.45. The highest BCUT2D eigenvalue weighted by molar-refractivity contribution is 6.15. The van der Waals surface area contributed by atoms with Gasteiger partial charge in [0.25, 0.3) is 0 Å². The van der Waals surface area contributed by atoms with Crippen LogP contribution in [0.15, 0.2) is 102 Å². The van der Waals surface area contributed by atoms with Crippen molar-refractivity contribution in [3.8, 4) is 28.1 Å². The summed E-state index contributed by atoms with van der Waals surface area (Å²) in [6.45, 7) is 1.87. The van der Waals surface area contributed by atoms with Crippen LogP contribution >= 0.6 is 0 Å². The number of hydrogen-bond acceptors (Lipinski definition) is 7. The molecule has 0 spiro atoms. The predicted molar refractivity (Wildman–Crippen MR) is 167 cm³/mol. The lowest BCUT2D eigenvalue weighted by Crippen LogP contribution is -2.19. The molecule has 4 heterocycles. The second-order valence-electron chi connectivity index (χ2n) is 10.3. The zero-order valence-corrected chi connectivity index (χ0v) is 23.4. The lowest BCUT2D eigenvalue weighted by atomic mass is 10.0. The molecule has 0 amide bonds. The summed E-state index contributed by atoms with van der Waals surface area (Å²) in [6, 6.07) is 26.8. The van der Waals surface area contributed by atoms with E-state index < -0.39 is 0 Å². The van der Waals surface area contributed by atoms with Gasteiger partial charge in [-0.2, -0.15) is 0 Å². The number of benzene rings is 3. The van der Waals surface area contributed by atoms with Gasteiger partial charge in [0.1, 0.15) is 29.6 Å². The molecule has 0 radical (unpaired) electrons. The Morgan fingerprint density at radius 1 is 0.860 bits per heavy atom. The number of aliphatic imine (C=N–C) groups is 1. The number of aromatic amines is 1. The largest absolute Gasteiger partial charge is 0.497 e. The highest BCUT2D eigenvalue weighted by atomic mass is 19.1. The number of fused-ring (bicyclic) bond motifs is 2. The monoisotopic (exact) mass is 569 g/mol. The van der Waals surface area contributed by atoms with Crippen molar-refractivity contribution in [3.05, 3.63) is 126 Å². The number of aromatic nitrogens is 4. The third-order valence-corrected chi connectivity index (χ3v) is 7.37. The van der Waals surface area contributed by atoms with E-state index in [-0.39, 0.29) is 5.82 Å². The maximum absolute atomic E-state index is 14.3. The van der Waals surface area contributed by atoms with E-state index in [2.05, 4.69) is 38.8 Å². The van der Waals surface area contributed by atoms with Gasteiger partial charge in [-0.05, 0) is 53.1 Å². The van der Waals surface area contributed by atoms with Crippen molar-refractivity contribution in [2.45, 2.75) is 13.1 Å². The topological polar surface area (TPSA) is 100 Å². The minimum atomic E-state index is -0.374. The molecule has 0 saturated heterocycles. The molecular formula is C34H28FN7O. The quantitative estimate of drug-likeness (QED) is 0.198. The highest BCUT2D eigenvalue weighted by Gasteiger charge is 2.22. The first kappa shape index (κ1) is 26.5. The van der Waals surface area contributed by atoms with Gasteiger partial charge < -0.3 is 20.4 Å². The number of methoxy groups -OCH3 is 1. The van der Waals surface area contributed by atoms with Gasteiger partial charge >= 0.3 is 0 Å². The zero-order chi connectivity index (χ0) is 29.2. The summed E-state index contributed by atoms with van der Waals surface area (Å²) in [5.41, 5.74) is 9.23. The maximum atomic E-state index is 14.3. The predicted octanol–water partition coefficient (Wildman–Crippen LogP) is 6.34. The Balaban J connectivity index is 1.19. The Morgan fingerprint density at radius 3 is 2.63 bits per heavy atom. The molecule has 3 N–H and O–H groups in total. The van der Waals surface area contributed by atoms with Gasteiger partial charge in [-0.15, -0.1) is 0 Å². The molecule has 43 heavy (non-hydrogen) atoms. The number of anilines is 1. The highest BCUT2D eigenvalue weighted by Crippen LogP contribution is 2.32. The number of para-hydroxylation sites is 1. The third-order valence-electron chi connectivity index (χ3n) is 7.37. The molecule has 6 aromatic rings. The number of halogens is 1. The number of rotatable bonds is 8. The van der Waals surface area contributed by atoms with E-state index in [4.69, 9.17) is 19.7 Å². The van der Waals surface area contributed by atoms with Gasteiger partial charge in [-0.25, -0.2) is 14.4 Å². The molecule has 0 aliphatic carbocycles. The van der Waals surface area contributed by atoms with Crippen LogP contribution in [0.5, 0.6) is 5.75 Å². The zero-order valence-electron chi connectivity index (χ0n) is 23.4. The Hall–Kier alpha value is -5.41. The molecule has 0 atom stereocenters. The van der Waals surface area contributed by atoms with Crippen LogP contribution in [0.4, 0.5) is 10.1 Å². The minimum absolute atomic E-state index is 0.374. The number of ether oxygens (including phenoxy) is 1. The summed E-state index contributed by atoms with van der Waals surface area (Å²) in [7, 11) is 1.52. The van der Waals surface area contributed by atoms with Gasteiger partial charge in [-0.3, -0.25) is 9.98 Å². The van der Waals surface area contributed by atoms with Gasteiger partial charge in [0, 0.05) is 42.7 Å². The number of hydrogen-bond donors (Lipinski definition) is 3. The van der Waals surface area contributed by atoms with Crippen LogP contribution in [0.1, 0.15) is 22.6 Å². The van der Waals surface area contributed by atoms with E-state index in [9.17, 15) is 4.39 Å². The van der Waals surface area contributed by atoms with Crippen LogP contribution in [0.25, 0.3) is 33.4 Å². The molecule has 7 rings (SSSR count). The van der Waals surface area contributed by atoms with E-state index in [1.165, 1.54) is 24.8 Å². The SMILES string of the molecule is COc1cc(F)cc(-c2cccc3[nH]c(C4=NCNc5ccc(-c6cncc(CNCc7ccccc7)c6)nc54)nc23)c1. The van der Waals surface area contributed by atoms with Crippen molar-refractivity contribution in [3.63, 3.8) is 0 Å². The number of imidazole rings is 1. The van der Waals surface area contributed by atoms with Crippen LogP contribution in [0.3, 0.4) is 0 Å². The molecule has 1 aliphatic rings. The van der Waals surface area contributed by atoms with Crippen LogP contribution < -0.4 is 15.4 Å². The normalized spacial score (nSPS) is 12.5. The van der Waals surface area contributed by atoms with Crippen LogP contribution in [-0.2, 0) is 13.1 Å². The number of H-pyrrole nitrogens is 1. The van der Waals surface area contributed by atoms with Gasteiger partial charge in [0.05, 0.1) is 29.5 Å². The molecule has 0 saturated carbocycles. The molecular weight excluding hydrogens is 541 g/mol. The summed E-state index contributed by atoms with van der Waals surface area (Å²) in [5.74, 6) is 0.665. The van der Waals surface area contributed by atoms with Crippen LogP contribution in [0, 0.1) is 5.82 Å². The summed E-state index contributed by atoms with van der Waals surface area (Å²) in [5, 5.41) is 6.80. The average Bonchev–Trinajstić information content (AvgIpc) is 3.49. The molecule has 0 fully saturated rings. The molecule has 0 bridgehead atoms. The second kappa shape index (κ2) is 11.5.